The van der Waals surface area contributed by atoms with Crippen molar-refractivity contribution >= 4 is 5.69 Å². The first-order valence-corrected chi connectivity index (χ1v) is 8.20. The Labute approximate surface area is 134 Å². The number of benzene rings is 2. The Kier molecular flexibility index (Phi) is 4.49. The number of nitrogens with zero attached hydrogens (tertiary/aromatic N) is 1. The summed E-state index contributed by atoms with van der Waals surface area (Å²) >= 11 is 0. The average Bonchev–Trinajstić information content (AvgIpc) is 2.44. The van der Waals surface area contributed by atoms with Crippen LogP contribution >= 0.6 is 0 Å². The van der Waals surface area contributed by atoms with Crippen molar-refractivity contribution in [2.75, 3.05) is 24.5 Å². The minimum absolute atomic E-state index is 0.770. The summed E-state index contributed by atoms with van der Waals surface area (Å²) in [5, 5.41) is 3.39. The lowest BCUT2D eigenvalue weighted by atomic mass is 10.0. The molecule has 3 rings (SSSR count). The molecule has 0 aliphatic carbocycles. The predicted octanol–water partition coefficient (Wildman–Crippen LogP) is 3.84. The van der Waals surface area contributed by atoms with Crippen LogP contribution in [0.25, 0.3) is 0 Å². The first-order chi connectivity index (χ1) is 10.6. The second-order valence-electron chi connectivity index (χ2n) is 6.68. The van der Waals surface area contributed by atoms with E-state index in [4.69, 9.17) is 0 Å². The van der Waals surface area contributed by atoms with Gasteiger partial charge in [0.05, 0.1) is 0 Å². The van der Waals surface area contributed by atoms with Crippen LogP contribution in [0.15, 0.2) is 42.5 Å². The van der Waals surface area contributed by atoms with Crippen molar-refractivity contribution in [1.82, 2.24) is 5.32 Å². The van der Waals surface area contributed by atoms with E-state index in [-0.39, 0.29) is 0 Å². The van der Waals surface area contributed by atoms with Gasteiger partial charge in [0.2, 0.25) is 0 Å². The number of nitrogens with one attached hydrogen (secondary N) is 1. The van der Waals surface area contributed by atoms with Crippen LogP contribution in [0, 0.1) is 26.7 Å². The molecule has 1 heterocycles. The van der Waals surface area contributed by atoms with Gasteiger partial charge < -0.3 is 10.2 Å². The third-order valence-corrected chi connectivity index (χ3v) is 4.53. The van der Waals surface area contributed by atoms with Crippen molar-refractivity contribution < 1.29 is 0 Å². The first kappa shape index (κ1) is 15.1. The lowest BCUT2D eigenvalue weighted by Gasteiger charge is -2.35. The molecule has 1 aliphatic rings. The maximum atomic E-state index is 3.39. The Morgan fingerprint density at radius 1 is 0.955 bits per heavy atom. The summed E-state index contributed by atoms with van der Waals surface area (Å²) in [7, 11) is 0. The molecule has 22 heavy (non-hydrogen) atoms. The monoisotopic (exact) mass is 294 g/mol. The van der Waals surface area contributed by atoms with Crippen LogP contribution in [-0.4, -0.2) is 19.6 Å². The third-order valence-electron chi connectivity index (χ3n) is 4.53. The first-order valence-electron chi connectivity index (χ1n) is 8.20. The van der Waals surface area contributed by atoms with E-state index in [1.54, 1.807) is 0 Å². The highest BCUT2D eigenvalue weighted by Crippen LogP contribution is 2.25. The van der Waals surface area contributed by atoms with E-state index in [0.717, 1.165) is 32.1 Å². The molecule has 0 saturated carbocycles. The maximum absolute atomic E-state index is 3.39. The van der Waals surface area contributed by atoms with E-state index >= 15 is 0 Å². The molecule has 2 aromatic rings. The third kappa shape index (κ3) is 3.50. The summed E-state index contributed by atoms with van der Waals surface area (Å²) in [4.78, 5) is 2.55. The molecule has 2 heteroatoms. The molecular weight excluding hydrogens is 268 g/mol. The van der Waals surface area contributed by atoms with Gasteiger partial charge in [0, 0.05) is 37.8 Å². The van der Waals surface area contributed by atoms with Crippen LogP contribution in [0.1, 0.15) is 22.3 Å². The van der Waals surface area contributed by atoms with E-state index in [1.165, 1.54) is 27.9 Å². The van der Waals surface area contributed by atoms with Crippen molar-refractivity contribution in [2.45, 2.75) is 27.3 Å². The summed E-state index contributed by atoms with van der Waals surface area (Å²) in [5.41, 5.74) is 6.79. The molecule has 0 bridgehead atoms. The van der Waals surface area contributed by atoms with Gasteiger partial charge in [-0.15, -0.1) is 0 Å². The Morgan fingerprint density at radius 2 is 1.64 bits per heavy atom. The zero-order valence-corrected chi connectivity index (χ0v) is 13.9. The topological polar surface area (TPSA) is 15.3 Å². The molecule has 1 saturated heterocycles. The summed E-state index contributed by atoms with van der Waals surface area (Å²) in [6.45, 7) is 10.9. The fourth-order valence-electron chi connectivity index (χ4n) is 3.11. The number of aryl methyl sites for hydroxylation is 3. The van der Waals surface area contributed by atoms with E-state index in [9.17, 15) is 0 Å². The quantitative estimate of drug-likeness (QED) is 0.901. The summed E-state index contributed by atoms with van der Waals surface area (Å²) in [5.74, 6) is 0.770. The smallest absolute Gasteiger partial charge is 0.0429 e. The average molecular weight is 294 g/mol. The van der Waals surface area contributed by atoms with Gasteiger partial charge in [-0.25, -0.2) is 0 Å². The lowest BCUT2D eigenvalue weighted by Crippen LogP contribution is -2.48. The second kappa shape index (κ2) is 6.53. The van der Waals surface area contributed by atoms with Crippen LogP contribution < -0.4 is 10.2 Å². The summed E-state index contributed by atoms with van der Waals surface area (Å²) in [6, 6.07) is 15.7. The molecule has 2 nitrogen and oxygen atoms in total. The highest BCUT2D eigenvalue weighted by molar-refractivity contribution is 5.55. The van der Waals surface area contributed by atoms with E-state index in [2.05, 4.69) is 73.5 Å². The molecule has 1 aliphatic heterocycles. The van der Waals surface area contributed by atoms with Gasteiger partial charge in [-0.05, 0) is 38.0 Å². The summed E-state index contributed by atoms with van der Waals surface area (Å²) in [6.07, 6.45) is 0. The largest absolute Gasteiger partial charge is 0.367 e. The van der Waals surface area contributed by atoms with Crippen molar-refractivity contribution in [3.8, 4) is 0 Å². The standard InChI is InChI=1S/C20H26N2/c1-15-4-7-18(8-5-15)13-22(14-19-11-21-12-19)20-9-6-16(2)10-17(20)3/h4-10,19,21H,11-14H2,1-3H3. The molecule has 1 fully saturated rings. The van der Waals surface area contributed by atoms with Gasteiger partial charge in [0.25, 0.3) is 0 Å². The van der Waals surface area contributed by atoms with E-state index < -0.39 is 0 Å². The molecule has 0 radical (unpaired) electrons. The van der Waals surface area contributed by atoms with Crippen molar-refractivity contribution in [2.24, 2.45) is 5.92 Å². The number of anilines is 1. The Balaban J connectivity index is 1.83. The van der Waals surface area contributed by atoms with E-state index in [1.807, 2.05) is 0 Å². The Hall–Kier alpha value is -1.80. The molecular formula is C20H26N2. The molecule has 1 N–H and O–H groups in total. The number of rotatable bonds is 5. The van der Waals surface area contributed by atoms with Crippen molar-refractivity contribution in [3.63, 3.8) is 0 Å². The molecule has 0 unspecified atom stereocenters. The van der Waals surface area contributed by atoms with Crippen molar-refractivity contribution in [3.05, 3.63) is 64.7 Å². The minimum atomic E-state index is 0.770. The lowest BCUT2D eigenvalue weighted by molar-refractivity contribution is 0.348. The molecule has 0 spiro atoms. The van der Waals surface area contributed by atoms with E-state index in [0.29, 0.717) is 0 Å². The van der Waals surface area contributed by atoms with Gasteiger partial charge in [0.15, 0.2) is 0 Å². The number of hydrogen-bond acceptors (Lipinski definition) is 2. The maximum Gasteiger partial charge on any atom is 0.0429 e. The van der Waals surface area contributed by atoms with Crippen LogP contribution in [0.5, 0.6) is 0 Å². The van der Waals surface area contributed by atoms with Crippen LogP contribution in [0.4, 0.5) is 5.69 Å². The zero-order chi connectivity index (χ0) is 15.5. The van der Waals surface area contributed by atoms with Gasteiger partial charge >= 0.3 is 0 Å². The Bertz CT molecular complexity index is 627. The summed E-state index contributed by atoms with van der Waals surface area (Å²) < 4.78 is 0. The van der Waals surface area contributed by atoms with Gasteiger partial charge in [-0.2, -0.15) is 0 Å². The van der Waals surface area contributed by atoms with Gasteiger partial charge in [0.1, 0.15) is 0 Å². The van der Waals surface area contributed by atoms with Gasteiger partial charge in [-0.3, -0.25) is 0 Å². The van der Waals surface area contributed by atoms with Gasteiger partial charge in [-0.1, -0.05) is 47.5 Å². The van der Waals surface area contributed by atoms with Crippen molar-refractivity contribution in [1.29, 1.82) is 0 Å². The molecule has 2 aromatic carbocycles. The predicted molar refractivity (Wildman–Crippen MR) is 94.5 cm³/mol. The molecule has 0 aromatic heterocycles. The van der Waals surface area contributed by atoms with Crippen LogP contribution in [-0.2, 0) is 6.54 Å². The highest BCUT2D eigenvalue weighted by Gasteiger charge is 2.21. The Morgan fingerprint density at radius 3 is 2.23 bits per heavy atom. The highest BCUT2D eigenvalue weighted by atomic mass is 15.1. The minimum Gasteiger partial charge on any atom is -0.367 e. The zero-order valence-electron chi connectivity index (χ0n) is 13.9. The normalized spacial score (nSPS) is 14.7. The number of hydrogen-bond donors (Lipinski definition) is 1. The van der Waals surface area contributed by atoms with Crippen LogP contribution in [0.2, 0.25) is 0 Å². The molecule has 116 valence electrons. The van der Waals surface area contributed by atoms with Crippen LogP contribution in [0.3, 0.4) is 0 Å². The fraction of sp³-hybridized carbons (Fsp3) is 0.400. The SMILES string of the molecule is Cc1ccc(CN(CC2CNC2)c2ccc(C)cc2C)cc1. The second-order valence-corrected chi connectivity index (χ2v) is 6.68. The molecule has 0 atom stereocenters. The fourth-order valence-corrected chi connectivity index (χ4v) is 3.11. The molecule has 0 amide bonds.